The first-order chi connectivity index (χ1) is 9.79. The second kappa shape index (κ2) is 9.90. The third-order valence-corrected chi connectivity index (χ3v) is 5.95. The molecule has 0 spiro atoms. The Morgan fingerprint density at radius 3 is 1.95 bits per heavy atom. The van der Waals surface area contributed by atoms with Crippen LogP contribution in [0.4, 0.5) is 0 Å². The van der Waals surface area contributed by atoms with E-state index in [1.807, 2.05) is 13.8 Å². The number of hydrogen-bond acceptors (Lipinski definition) is 0. The minimum absolute atomic E-state index is 0.496. The van der Waals surface area contributed by atoms with E-state index in [2.05, 4.69) is 41.5 Å². The van der Waals surface area contributed by atoms with Crippen LogP contribution in [0.2, 0.25) is 0 Å². The van der Waals surface area contributed by atoms with Gasteiger partial charge in [0.15, 0.2) is 0 Å². The van der Waals surface area contributed by atoms with Crippen molar-refractivity contribution in [2.24, 2.45) is 22.7 Å². The molecule has 1 atom stereocenters. The lowest BCUT2D eigenvalue weighted by Crippen LogP contribution is -2.34. The van der Waals surface area contributed by atoms with E-state index in [4.69, 9.17) is 0 Å². The van der Waals surface area contributed by atoms with Gasteiger partial charge in [-0.3, -0.25) is 0 Å². The van der Waals surface area contributed by atoms with Crippen LogP contribution in [0.3, 0.4) is 0 Å². The number of hydrogen-bond donors (Lipinski definition) is 0. The monoisotopic (exact) mass is 296 g/mol. The van der Waals surface area contributed by atoms with Gasteiger partial charge >= 0.3 is 0 Å². The van der Waals surface area contributed by atoms with Crippen molar-refractivity contribution in [3.05, 3.63) is 0 Å². The van der Waals surface area contributed by atoms with Crippen LogP contribution in [-0.4, -0.2) is 0 Å². The fourth-order valence-corrected chi connectivity index (χ4v) is 4.28. The van der Waals surface area contributed by atoms with Crippen molar-refractivity contribution in [1.29, 1.82) is 0 Å². The third-order valence-electron chi connectivity index (χ3n) is 5.95. The Morgan fingerprint density at radius 2 is 1.48 bits per heavy atom. The highest BCUT2D eigenvalue weighted by Gasteiger charge is 2.37. The van der Waals surface area contributed by atoms with Gasteiger partial charge in [0.2, 0.25) is 0 Å². The summed E-state index contributed by atoms with van der Waals surface area (Å²) in [5, 5.41) is 0. The van der Waals surface area contributed by atoms with Crippen LogP contribution >= 0.6 is 0 Å². The molecule has 1 aliphatic carbocycles. The predicted octanol–water partition coefficient (Wildman–Crippen LogP) is 7.86. The molecule has 128 valence electrons. The normalized spacial score (nSPS) is 18.9. The molecule has 0 aromatic rings. The summed E-state index contributed by atoms with van der Waals surface area (Å²) in [5.41, 5.74) is 1.03. The zero-order valence-electron chi connectivity index (χ0n) is 16.5. The fourth-order valence-electron chi connectivity index (χ4n) is 4.28. The molecule has 0 radical (unpaired) electrons. The van der Waals surface area contributed by atoms with Crippen molar-refractivity contribution >= 4 is 0 Å². The molecule has 0 aromatic heterocycles. The molecule has 1 rings (SSSR count). The maximum Gasteiger partial charge on any atom is -0.0321 e. The van der Waals surface area contributed by atoms with Crippen LogP contribution in [-0.2, 0) is 0 Å². The lowest BCUT2D eigenvalue weighted by molar-refractivity contribution is 0.0601. The van der Waals surface area contributed by atoms with Gasteiger partial charge in [0.1, 0.15) is 0 Å². The molecule has 0 heterocycles. The molecule has 0 nitrogen and oxygen atoms in total. The van der Waals surface area contributed by atoms with Crippen molar-refractivity contribution in [2.75, 3.05) is 0 Å². The third kappa shape index (κ3) is 7.20. The second-order valence-corrected chi connectivity index (χ2v) is 8.53. The number of rotatable bonds is 7. The van der Waals surface area contributed by atoms with Gasteiger partial charge in [-0.15, -0.1) is 0 Å². The van der Waals surface area contributed by atoms with Crippen LogP contribution < -0.4 is 0 Å². The van der Waals surface area contributed by atoms with Crippen molar-refractivity contribution < 1.29 is 0 Å². The average molecular weight is 297 g/mol. The van der Waals surface area contributed by atoms with E-state index in [-0.39, 0.29) is 0 Å². The van der Waals surface area contributed by atoms with Crippen LogP contribution in [0.5, 0.6) is 0 Å². The van der Waals surface area contributed by atoms with Gasteiger partial charge in [-0.1, -0.05) is 93.9 Å². The molecule has 1 fully saturated rings. The van der Waals surface area contributed by atoms with E-state index in [9.17, 15) is 0 Å². The van der Waals surface area contributed by atoms with Crippen molar-refractivity contribution in [3.63, 3.8) is 0 Å². The maximum absolute atomic E-state index is 2.54. The van der Waals surface area contributed by atoms with Gasteiger partial charge in [0.05, 0.1) is 0 Å². The molecule has 1 aliphatic rings. The second-order valence-electron chi connectivity index (χ2n) is 8.53. The zero-order valence-corrected chi connectivity index (χ0v) is 16.5. The lowest BCUT2D eigenvalue weighted by Gasteiger charge is -2.44. The van der Waals surface area contributed by atoms with Gasteiger partial charge in [0.25, 0.3) is 0 Å². The van der Waals surface area contributed by atoms with Crippen LogP contribution in [0.1, 0.15) is 113 Å². The van der Waals surface area contributed by atoms with E-state index >= 15 is 0 Å². The van der Waals surface area contributed by atoms with E-state index in [0.717, 1.165) is 11.8 Å². The van der Waals surface area contributed by atoms with Gasteiger partial charge in [0, 0.05) is 0 Å². The van der Waals surface area contributed by atoms with Crippen LogP contribution in [0.15, 0.2) is 0 Å². The van der Waals surface area contributed by atoms with Crippen molar-refractivity contribution in [3.8, 4) is 0 Å². The maximum atomic E-state index is 2.54. The molecule has 0 bridgehead atoms. The van der Waals surface area contributed by atoms with Crippen molar-refractivity contribution in [1.82, 2.24) is 0 Å². The molecule has 0 aromatic carbocycles. The van der Waals surface area contributed by atoms with Gasteiger partial charge in [-0.2, -0.15) is 0 Å². The summed E-state index contributed by atoms with van der Waals surface area (Å²) in [4.78, 5) is 0. The summed E-state index contributed by atoms with van der Waals surface area (Å²) in [7, 11) is 0. The van der Waals surface area contributed by atoms with E-state index < -0.39 is 0 Å². The minimum atomic E-state index is 0.496. The van der Waals surface area contributed by atoms with Gasteiger partial charge < -0.3 is 0 Å². The Kier molecular flexibility index (Phi) is 9.90. The lowest BCUT2D eigenvalue weighted by atomic mass is 9.61. The summed E-state index contributed by atoms with van der Waals surface area (Å²) >= 11 is 0. The Balaban J connectivity index is 0.00000191. The molecular formula is C21H44. The number of unbranched alkanes of at least 4 members (excludes halogenated alkanes) is 1. The topological polar surface area (TPSA) is 0 Å². The molecular weight excluding hydrogens is 252 g/mol. The molecule has 0 aliphatic heterocycles. The average Bonchev–Trinajstić information content (AvgIpc) is 2.46. The largest absolute Gasteiger partial charge is 0.0683 e. The summed E-state index contributed by atoms with van der Waals surface area (Å²) in [6, 6.07) is 0. The molecule has 0 N–H and O–H groups in total. The fraction of sp³-hybridized carbons (Fsp3) is 1.00. The SMILES string of the molecule is CC.CCCCC(C)C(C)(C)CC(C)(C)C1CCCCC1. The minimum Gasteiger partial charge on any atom is -0.0683 e. The molecule has 0 heteroatoms. The molecule has 21 heavy (non-hydrogen) atoms. The molecule has 1 unspecified atom stereocenters. The summed E-state index contributed by atoms with van der Waals surface area (Å²) in [6.07, 6.45) is 12.9. The Labute approximate surface area is 136 Å². The zero-order chi connectivity index (χ0) is 16.5. The molecule has 0 amide bonds. The van der Waals surface area contributed by atoms with Crippen molar-refractivity contribution in [2.45, 2.75) is 113 Å². The quantitative estimate of drug-likeness (QED) is 0.448. The highest BCUT2D eigenvalue weighted by molar-refractivity contribution is 4.88. The standard InChI is InChI=1S/C19H38.C2H6/c1-7-8-12-16(2)18(3,4)15-19(5,6)17-13-10-9-11-14-17;1-2/h16-17H,7-15H2,1-6H3;1-2H3. The molecule has 1 saturated carbocycles. The van der Waals surface area contributed by atoms with Gasteiger partial charge in [-0.05, 0) is 41.9 Å². The highest BCUT2D eigenvalue weighted by Crippen LogP contribution is 2.48. The Morgan fingerprint density at radius 1 is 0.952 bits per heavy atom. The van der Waals surface area contributed by atoms with E-state index in [0.29, 0.717) is 10.8 Å². The first kappa shape index (κ1) is 21.0. The Bertz CT molecular complexity index is 243. The highest BCUT2D eigenvalue weighted by atomic mass is 14.4. The van der Waals surface area contributed by atoms with Gasteiger partial charge in [-0.25, -0.2) is 0 Å². The van der Waals surface area contributed by atoms with Crippen LogP contribution in [0, 0.1) is 22.7 Å². The predicted molar refractivity (Wildman–Crippen MR) is 98.8 cm³/mol. The smallest absolute Gasteiger partial charge is 0.0321 e. The summed E-state index contributed by atoms with van der Waals surface area (Å²) in [5.74, 6) is 1.83. The first-order valence-electron chi connectivity index (χ1n) is 9.79. The van der Waals surface area contributed by atoms with E-state index in [1.165, 1.54) is 57.8 Å². The Hall–Kier alpha value is 0. The van der Waals surface area contributed by atoms with Crippen LogP contribution in [0.25, 0.3) is 0 Å². The van der Waals surface area contributed by atoms with E-state index in [1.54, 1.807) is 0 Å². The summed E-state index contributed by atoms with van der Waals surface area (Å²) in [6.45, 7) is 18.9. The molecule has 0 saturated heterocycles. The first-order valence-corrected chi connectivity index (χ1v) is 9.79. The summed E-state index contributed by atoms with van der Waals surface area (Å²) < 4.78 is 0.